The van der Waals surface area contributed by atoms with Gasteiger partial charge in [0.05, 0.1) is 12.6 Å². The van der Waals surface area contributed by atoms with Crippen LogP contribution in [0, 0.1) is 4.77 Å². The molecule has 0 amide bonds. The van der Waals surface area contributed by atoms with E-state index in [2.05, 4.69) is 16.5 Å². The fraction of sp³-hybridized carbons (Fsp3) is 0.700. The van der Waals surface area contributed by atoms with Crippen molar-refractivity contribution in [3.63, 3.8) is 0 Å². The number of rotatable bonds is 3. The third kappa shape index (κ3) is 1.91. The van der Waals surface area contributed by atoms with Crippen molar-refractivity contribution in [2.75, 3.05) is 6.61 Å². The minimum absolute atomic E-state index is 0.364. The largest absolute Gasteiger partial charge is 0.376 e. The highest BCUT2D eigenvalue weighted by atomic mass is 32.1. The molecule has 1 unspecified atom stereocenters. The van der Waals surface area contributed by atoms with Crippen LogP contribution < -0.4 is 0 Å². The summed E-state index contributed by atoms with van der Waals surface area (Å²) < 4.78 is 8.57. The van der Waals surface area contributed by atoms with Gasteiger partial charge in [0.25, 0.3) is 0 Å². The second-order valence-corrected chi connectivity index (χ2v) is 4.07. The van der Waals surface area contributed by atoms with Crippen molar-refractivity contribution >= 4 is 12.2 Å². The average Bonchev–Trinajstić information content (AvgIpc) is 2.79. The summed E-state index contributed by atoms with van der Waals surface area (Å²) in [7, 11) is 0. The van der Waals surface area contributed by atoms with Gasteiger partial charge in [0.1, 0.15) is 0 Å². The van der Waals surface area contributed by atoms with Crippen molar-refractivity contribution in [1.29, 1.82) is 0 Å². The van der Waals surface area contributed by atoms with Crippen LogP contribution >= 0.6 is 12.2 Å². The second-order valence-electron chi connectivity index (χ2n) is 3.68. The molecule has 14 heavy (non-hydrogen) atoms. The number of imidazole rings is 1. The first kappa shape index (κ1) is 9.93. The van der Waals surface area contributed by atoms with Gasteiger partial charge in [-0.2, -0.15) is 0 Å². The van der Waals surface area contributed by atoms with Crippen molar-refractivity contribution < 1.29 is 4.74 Å². The first-order valence-electron chi connectivity index (χ1n) is 5.20. The maximum Gasteiger partial charge on any atom is 0.177 e. The molecule has 1 N–H and O–H groups in total. The van der Waals surface area contributed by atoms with Crippen LogP contribution in [0.2, 0.25) is 0 Å². The molecular formula is C10H16N2OS. The lowest BCUT2D eigenvalue weighted by Gasteiger charge is -2.12. The number of ether oxygens (including phenoxy) is 1. The van der Waals surface area contributed by atoms with E-state index in [-0.39, 0.29) is 0 Å². The van der Waals surface area contributed by atoms with Crippen LogP contribution in [0.25, 0.3) is 0 Å². The number of hydrogen-bond donors (Lipinski definition) is 1. The van der Waals surface area contributed by atoms with Crippen molar-refractivity contribution in [3.8, 4) is 0 Å². The molecule has 0 aromatic carbocycles. The number of aromatic nitrogens is 2. The number of nitrogens with zero attached hydrogens (tertiary/aromatic N) is 1. The Bertz CT molecular complexity index is 349. The minimum Gasteiger partial charge on any atom is -0.376 e. The van der Waals surface area contributed by atoms with Crippen LogP contribution in [0.15, 0.2) is 6.20 Å². The number of hydrogen-bond acceptors (Lipinski definition) is 2. The molecule has 1 aromatic heterocycles. The Morgan fingerprint density at radius 1 is 1.71 bits per heavy atom. The van der Waals surface area contributed by atoms with Crippen molar-refractivity contribution in [2.24, 2.45) is 0 Å². The second kappa shape index (κ2) is 4.28. The van der Waals surface area contributed by atoms with E-state index < -0.39 is 0 Å². The smallest absolute Gasteiger partial charge is 0.177 e. The topological polar surface area (TPSA) is 29.9 Å². The highest BCUT2D eigenvalue weighted by Gasteiger charge is 2.17. The highest BCUT2D eigenvalue weighted by molar-refractivity contribution is 7.71. The molecule has 0 saturated carbocycles. The molecule has 0 aliphatic carbocycles. The normalized spacial score (nSPS) is 21.6. The van der Waals surface area contributed by atoms with E-state index in [0.717, 1.165) is 30.8 Å². The first-order valence-corrected chi connectivity index (χ1v) is 5.60. The van der Waals surface area contributed by atoms with E-state index in [9.17, 15) is 0 Å². The van der Waals surface area contributed by atoms with E-state index >= 15 is 0 Å². The molecule has 1 saturated heterocycles. The quantitative estimate of drug-likeness (QED) is 0.779. The summed E-state index contributed by atoms with van der Waals surface area (Å²) >= 11 is 5.23. The summed E-state index contributed by atoms with van der Waals surface area (Å²) in [5, 5.41) is 0. The van der Waals surface area contributed by atoms with Crippen LogP contribution in [-0.4, -0.2) is 22.3 Å². The van der Waals surface area contributed by atoms with E-state index in [4.69, 9.17) is 17.0 Å². The highest BCUT2D eigenvalue weighted by Crippen LogP contribution is 2.15. The Labute approximate surface area is 89.1 Å². The zero-order valence-corrected chi connectivity index (χ0v) is 9.27. The Morgan fingerprint density at radius 2 is 2.57 bits per heavy atom. The molecule has 0 radical (unpaired) electrons. The molecule has 2 heterocycles. The van der Waals surface area contributed by atoms with Crippen molar-refractivity contribution in [1.82, 2.24) is 9.55 Å². The Balaban J connectivity index is 2.13. The van der Waals surface area contributed by atoms with Crippen molar-refractivity contribution in [2.45, 2.75) is 38.8 Å². The number of H-pyrrole nitrogens is 1. The van der Waals surface area contributed by atoms with Gasteiger partial charge in [-0.3, -0.25) is 0 Å². The summed E-state index contributed by atoms with van der Waals surface area (Å²) in [4.78, 5) is 3.08. The molecule has 78 valence electrons. The molecule has 1 aliphatic rings. The van der Waals surface area contributed by atoms with Crippen LogP contribution in [0.1, 0.15) is 25.5 Å². The molecule has 2 rings (SSSR count). The van der Waals surface area contributed by atoms with Crippen LogP contribution in [0.3, 0.4) is 0 Å². The molecule has 3 nitrogen and oxygen atoms in total. The zero-order chi connectivity index (χ0) is 9.97. The van der Waals surface area contributed by atoms with Crippen molar-refractivity contribution in [3.05, 3.63) is 16.7 Å². The molecule has 1 aromatic rings. The Kier molecular flexibility index (Phi) is 3.03. The molecule has 0 spiro atoms. The van der Waals surface area contributed by atoms with Crippen LogP contribution in [0.4, 0.5) is 0 Å². The van der Waals surface area contributed by atoms with Gasteiger partial charge < -0.3 is 14.3 Å². The van der Waals surface area contributed by atoms with Gasteiger partial charge >= 0.3 is 0 Å². The lowest BCUT2D eigenvalue weighted by Crippen LogP contribution is -2.16. The molecule has 0 bridgehead atoms. The lowest BCUT2D eigenvalue weighted by molar-refractivity contribution is 0.0960. The molecule has 4 heteroatoms. The zero-order valence-electron chi connectivity index (χ0n) is 8.45. The van der Waals surface area contributed by atoms with Gasteiger partial charge in [0, 0.05) is 18.5 Å². The lowest BCUT2D eigenvalue weighted by atomic mass is 10.2. The van der Waals surface area contributed by atoms with E-state index in [0.29, 0.717) is 6.10 Å². The van der Waals surface area contributed by atoms with Gasteiger partial charge in [0.15, 0.2) is 4.77 Å². The molecular weight excluding hydrogens is 196 g/mol. The molecule has 1 atom stereocenters. The van der Waals surface area contributed by atoms with Crippen LogP contribution in [-0.2, 0) is 17.7 Å². The first-order chi connectivity index (χ1) is 6.81. The van der Waals surface area contributed by atoms with Gasteiger partial charge in [-0.1, -0.05) is 6.92 Å². The van der Waals surface area contributed by atoms with E-state index in [1.54, 1.807) is 0 Å². The maximum absolute atomic E-state index is 5.60. The van der Waals surface area contributed by atoms with E-state index in [1.807, 2.05) is 6.20 Å². The SMILES string of the molecule is CCc1c[nH]c(=S)n1CC1CCCO1. The average molecular weight is 212 g/mol. The minimum atomic E-state index is 0.364. The monoisotopic (exact) mass is 212 g/mol. The summed E-state index contributed by atoms with van der Waals surface area (Å²) in [6.45, 7) is 3.96. The number of aryl methyl sites for hydroxylation is 1. The summed E-state index contributed by atoms with van der Waals surface area (Å²) in [5.41, 5.74) is 1.27. The third-order valence-corrected chi connectivity index (χ3v) is 3.06. The summed E-state index contributed by atoms with van der Waals surface area (Å²) in [6, 6.07) is 0. The Hall–Kier alpha value is -0.610. The van der Waals surface area contributed by atoms with Gasteiger partial charge in [-0.05, 0) is 31.5 Å². The number of aromatic amines is 1. The fourth-order valence-corrected chi connectivity index (χ4v) is 2.17. The summed E-state index contributed by atoms with van der Waals surface area (Å²) in [6.07, 6.45) is 5.72. The number of nitrogens with one attached hydrogen (secondary N) is 1. The predicted octanol–water partition coefficient (Wildman–Crippen LogP) is 2.29. The molecule has 1 fully saturated rings. The van der Waals surface area contributed by atoms with Gasteiger partial charge in [0.2, 0.25) is 0 Å². The maximum atomic E-state index is 5.60. The van der Waals surface area contributed by atoms with E-state index in [1.165, 1.54) is 12.1 Å². The summed E-state index contributed by atoms with van der Waals surface area (Å²) in [5.74, 6) is 0. The van der Waals surface area contributed by atoms with Gasteiger partial charge in [-0.15, -0.1) is 0 Å². The Morgan fingerprint density at radius 3 is 3.21 bits per heavy atom. The standard InChI is InChI=1S/C10H16N2OS/c1-2-8-6-11-10(14)12(8)7-9-4-3-5-13-9/h6,9H,2-5,7H2,1H3,(H,11,14). The van der Waals surface area contributed by atoms with Crippen LogP contribution in [0.5, 0.6) is 0 Å². The fourth-order valence-electron chi connectivity index (χ4n) is 1.92. The predicted molar refractivity (Wildman–Crippen MR) is 58.0 cm³/mol. The molecule has 1 aliphatic heterocycles. The third-order valence-electron chi connectivity index (χ3n) is 2.73. The van der Waals surface area contributed by atoms with Gasteiger partial charge in [-0.25, -0.2) is 0 Å².